The third kappa shape index (κ3) is 2.09. The fourth-order valence-corrected chi connectivity index (χ4v) is 5.49. The highest BCUT2D eigenvalue weighted by Crippen LogP contribution is 2.42. The molecule has 130 valence electrons. The van der Waals surface area contributed by atoms with Crippen molar-refractivity contribution in [3.8, 4) is 10.4 Å². The summed E-state index contributed by atoms with van der Waals surface area (Å²) in [5.41, 5.74) is 4.16. The fourth-order valence-electron chi connectivity index (χ4n) is 4.27. The Balaban J connectivity index is 1.77. The Labute approximate surface area is 149 Å². The summed E-state index contributed by atoms with van der Waals surface area (Å²) >= 11 is 1.56. The summed E-state index contributed by atoms with van der Waals surface area (Å²) in [5.74, 6) is 0.808. The van der Waals surface area contributed by atoms with Crippen molar-refractivity contribution < 1.29 is 0 Å². The Hall–Kier alpha value is -1.99. The van der Waals surface area contributed by atoms with E-state index in [1.165, 1.54) is 5.56 Å². The van der Waals surface area contributed by atoms with Crippen LogP contribution in [0.4, 0.5) is 0 Å². The van der Waals surface area contributed by atoms with Crippen LogP contribution in [-0.4, -0.2) is 38.7 Å². The maximum atomic E-state index is 12.8. The van der Waals surface area contributed by atoms with Gasteiger partial charge in [-0.1, -0.05) is 0 Å². The van der Waals surface area contributed by atoms with Crippen LogP contribution in [0.2, 0.25) is 0 Å². The topological polar surface area (TPSA) is 77.7 Å². The van der Waals surface area contributed by atoms with Gasteiger partial charge in [-0.25, -0.2) is 4.98 Å². The number of likely N-dealkylation sites (tertiary alicyclic amines) is 1. The van der Waals surface area contributed by atoms with Crippen LogP contribution in [0.1, 0.15) is 43.3 Å². The number of hydrogen-bond donors (Lipinski definition) is 2. The lowest BCUT2D eigenvalue weighted by molar-refractivity contribution is 0.185. The van der Waals surface area contributed by atoms with E-state index in [1.807, 2.05) is 6.20 Å². The van der Waals surface area contributed by atoms with E-state index in [1.54, 1.807) is 11.3 Å². The molecule has 7 heteroatoms. The molecule has 6 nitrogen and oxygen atoms in total. The van der Waals surface area contributed by atoms with Crippen LogP contribution in [0.3, 0.4) is 0 Å². The molecule has 0 bridgehead atoms. The van der Waals surface area contributed by atoms with E-state index >= 15 is 0 Å². The molecule has 4 heterocycles. The minimum Gasteiger partial charge on any atom is -0.308 e. The first-order chi connectivity index (χ1) is 12.1. The van der Waals surface area contributed by atoms with Crippen molar-refractivity contribution in [1.29, 1.82) is 0 Å². The van der Waals surface area contributed by atoms with E-state index < -0.39 is 0 Å². The number of nitrogens with one attached hydrogen (secondary N) is 2. The first kappa shape index (κ1) is 15.3. The van der Waals surface area contributed by atoms with Crippen LogP contribution >= 0.6 is 11.3 Å². The lowest BCUT2D eigenvalue weighted by Crippen LogP contribution is -2.38. The maximum absolute atomic E-state index is 12.8. The zero-order chi connectivity index (χ0) is 17.2. The summed E-state index contributed by atoms with van der Waals surface area (Å²) in [7, 11) is 2.11. The van der Waals surface area contributed by atoms with Gasteiger partial charge in [0.2, 0.25) is 0 Å². The average molecular weight is 355 g/mol. The van der Waals surface area contributed by atoms with Crippen LogP contribution in [0.15, 0.2) is 11.0 Å². The van der Waals surface area contributed by atoms with Gasteiger partial charge in [0.15, 0.2) is 0 Å². The number of thiophene rings is 1. The number of aromatic nitrogens is 4. The number of nitrogens with zero attached hydrogens (tertiary/aromatic N) is 3. The molecule has 0 saturated carbocycles. The van der Waals surface area contributed by atoms with E-state index in [4.69, 9.17) is 4.98 Å². The van der Waals surface area contributed by atoms with Crippen molar-refractivity contribution in [2.24, 2.45) is 0 Å². The summed E-state index contributed by atoms with van der Waals surface area (Å²) < 4.78 is 0.743. The largest absolute Gasteiger partial charge is 0.308 e. The maximum Gasteiger partial charge on any atom is 0.268 e. The van der Waals surface area contributed by atoms with Gasteiger partial charge in [-0.2, -0.15) is 5.10 Å². The highest BCUT2D eigenvalue weighted by atomic mass is 32.1. The van der Waals surface area contributed by atoms with Crippen LogP contribution in [0, 0.1) is 0 Å². The molecule has 25 heavy (non-hydrogen) atoms. The van der Waals surface area contributed by atoms with Gasteiger partial charge in [0.1, 0.15) is 10.5 Å². The van der Waals surface area contributed by atoms with E-state index in [0.29, 0.717) is 0 Å². The molecule has 1 fully saturated rings. The van der Waals surface area contributed by atoms with E-state index in [9.17, 15) is 4.79 Å². The summed E-state index contributed by atoms with van der Waals surface area (Å²) in [6.45, 7) is 3.22. The Morgan fingerprint density at radius 2 is 2.20 bits per heavy atom. The molecule has 5 rings (SSSR count). The van der Waals surface area contributed by atoms with Crippen molar-refractivity contribution in [1.82, 2.24) is 25.1 Å². The first-order valence-electron chi connectivity index (χ1n) is 8.88. The van der Waals surface area contributed by atoms with Crippen LogP contribution in [0.5, 0.6) is 0 Å². The molecule has 0 spiro atoms. The van der Waals surface area contributed by atoms with E-state index in [-0.39, 0.29) is 11.1 Å². The first-order valence-corrected chi connectivity index (χ1v) is 9.70. The van der Waals surface area contributed by atoms with E-state index in [0.717, 1.165) is 70.8 Å². The Morgan fingerprint density at radius 3 is 3.00 bits per heavy atom. The molecule has 3 aromatic rings. The van der Waals surface area contributed by atoms with Crippen molar-refractivity contribution >= 4 is 21.6 Å². The summed E-state index contributed by atoms with van der Waals surface area (Å²) in [5, 5.41) is 7.36. The standard InChI is InChI=1S/C18H21N5OS/c1-18(7-4-8-23(18)2)17-20-13-10-5-3-6-12-11(9-19-22-12)14(10)25-15(13)16(24)21-17/h9H,3-8H2,1-2H3,(H,19,22)(H,20,21,24)/t18-/m0/s1. The highest BCUT2D eigenvalue weighted by molar-refractivity contribution is 7.22. The predicted octanol–water partition coefficient (Wildman–Crippen LogP) is 2.80. The molecule has 0 aromatic carbocycles. The molecule has 1 aliphatic heterocycles. The van der Waals surface area contributed by atoms with Gasteiger partial charge >= 0.3 is 0 Å². The average Bonchev–Trinajstić information content (AvgIpc) is 3.25. The zero-order valence-electron chi connectivity index (χ0n) is 14.5. The smallest absolute Gasteiger partial charge is 0.268 e. The molecule has 1 saturated heterocycles. The molecule has 1 atom stereocenters. The number of aryl methyl sites for hydroxylation is 2. The molecule has 0 unspecified atom stereocenters. The third-order valence-electron chi connectivity index (χ3n) is 5.95. The van der Waals surface area contributed by atoms with Crippen LogP contribution in [-0.2, 0) is 18.4 Å². The molecule has 1 aliphatic carbocycles. The molecule has 0 amide bonds. The molecule has 2 N–H and O–H groups in total. The minimum absolute atomic E-state index is 0.00959. The van der Waals surface area contributed by atoms with Crippen LogP contribution < -0.4 is 5.56 Å². The SMILES string of the molecule is CN1CCC[C@@]1(C)c1nc2c3c(sc2c(=O)[nH]1)-c1c[nH]nc1CCC3. The Morgan fingerprint density at radius 1 is 1.32 bits per heavy atom. The summed E-state index contributed by atoms with van der Waals surface area (Å²) in [6.07, 6.45) is 7.07. The monoisotopic (exact) mass is 355 g/mol. The lowest BCUT2D eigenvalue weighted by atomic mass is 9.98. The van der Waals surface area contributed by atoms with Gasteiger partial charge in [-0.3, -0.25) is 14.8 Å². The number of aromatic amines is 2. The Bertz CT molecular complexity index is 1030. The molecular formula is C18H21N5OS. The lowest BCUT2D eigenvalue weighted by Gasteiger charge is -2.30. The van der Waals surface area contributed by atoms with Crippen molar-refractivity contribution in [3.05, 3.63) is 33.6 Å². The zero-order valence-corrected chi connectivity index (χ0v) is 15.3. The van der Waals surface area contributed by atoms with Crippen molar-refractivity contribution in [2.75, 3.05) is 13.6 Å². The van der Waals surface area contributed by atoms with E-state index in [2.05, 4.69) is 34.1 Å². The normalized spacial score (nSPS) is 23.6. The number of hydrogen-bond acceptors (Lipinski definition) is 5. The van der Waals surface area contributed by atoms with Gasteiger partial charge in [0.05, 0.1) is 16.7 Å². The molecule has 3 aromatic heterocycles. The van der Waals surface area contributed by atoms with Crippen LogP contribution in [0.25, 0.3) is 20.7 Å². The number of rotatable bonds is 1. The van der Waals surface area contributed by atoms with Gasteiger partial charge < -0.3 is 4.98 Å². The number of fused-ring (bicyclic) bond motifs is 5. The van der Waals surface area contributed by atoms with Gasteiger partial charge in [0.25, 0.3) is 5.56 Å². The summed E-state index contributed by atoms with van der Waals surface area (Å²) in [4.78, 5) is 24.4. The molecule has 2 aliphatic rings. The molecular weight excluding hydrogens is 334 g/mol. The predicted molar refractivity (Wildman–Crippen MR) is 99.1 cm³/mol. The van der Waals surface area contributed by atoms with Gasteiger partial charge in [0, 0.05) is 16.6 Å². The minimum atomic E-state index is -0.187. The van der Waals surface area contributed by atoms with Crippen molar-refractivity contribution in [3.63, 3.8) is 0 Å². The van der Waals surface area contributed by atoms with Crippen molar-refractivity contribution in [2.45, 2.75) is 44.6 Å². The third-order valence-corrected chi connectivity index (χ3v) is 7.21. The van der Waals surface area contributed by atoms with Gasteiger partial charge in [-0.05, 0) is 58.2 Å². The quantitative estimate of drug-likeness (QED) is 0.704. The highest BCUT2D eigenvalue weighted by Gasteiger charge is 2.38. The van der Waals surface area contributed by atoms with Gasteiger partial charge in [-0.15, -0.1) is 11.3 Å². The summed E-state index contributed by atoms with van der Waals surface area (Å²) in [6, 6.07) is 0. The number of H-pyrrole nitrogens is 2. The second-order valence-corrected chi connectivity index (χ2v) is 8.42. The molecule has 0 radical (unpaired) electrons. The second-order valence-electron chi connectivity index (χ2n) is 7.40. The second kappa shape index (κ2) is 5.25. The fraction of sp³-hybridized carbons (Fsp3) is 0.500. The Kier molecular flexibility index (Phi) is 3.21.